The van der Waals surface area contributed by atoms with E-state index in [0.29, 0.717) is 5.57 Å². The first kappa shape index (κ1) is 8.43. The van der Waals surface area contributed by atoms with E-state index in [4.69, 9.17) is 0 Å². The van der Waals surface area contributed by atoms with Crippen LogP contribution in [-0.2, 0) is 4.79 Å². The van der Waals surface area contributed by atoms with Crippen molar-refractivity contribution >= 4 is 33.9 Å². The molecule has 2 N–H and O–H groups in total. The molecule has 2 aromatic rings. The molecule has 1 amide bonds. The molecule has 15 heavy (non-hydrogen) atoms. The first-order chi connectivity index (χ1) is 7.34. The van der Waals surface area contributed by atoms with Crippen molar-refractivity contribution in [3.63, 3.8) is 0 Å². The molecule has 1 aliphatic heterocycles. The number of amides is 1. The van der Waals surface area contributed by atoms with E-state index in [1.165, 1.54) is 11.3 Å². The molecule has 0 saturated heterocycles. The normalized spacial score (nSPS) is 16.8. The zero-order valence-corrected chi connectivity index (χ0v) is 8.47. The van der Waals surface area contributed by atoms with Gasteiger partial charge in [-0.2, -0.15) is 0 Å². The Hall–Kier alpha value is -1.88. The SMILES string of the molecule is O=C1Nc2sccc2C1=Cc1cnc[nH]1. The Kier molecular flexibility index (Phi) is 1.72. The molecule has 0 unspecified atom stereocenters. The van der Waals surface area contributed by atoms with E-state index in [2.05, 4.69) is 15.3 Å². The van der Waals surface area contributed by atoms with Crippen molar-refractivity contribution in [2.24, 2.45) is 0 Å². The molecule has 0 aliphatic carbocycles. The van der Waals surface area contributed by atoms with E-state index in [0.717, 1.165) is 16.3 Å². The van der Waals surface area contributed by atoms with Crippen molar-refractivity contribution in [3.8, 4) is 0 Å². The van der Waals surface area contributed by atoms with Gasteiger partial charge in [-0.15, -0.1) is 11.3 Å². The first-order valence-electron chi connectivity index (χ1n) is 4.44. The summed E-state index contributed by atoms with van der Waals surface area (Å²) in [4.78, 5) is 18.5. The number of carbonyl (C=O) groups excluding carboxylic acids is 1. The van der Waals surface area contributed by atoms with Gasteiger partial charge in [0.05, 0.1) is 23.8 Å². The number of aromatic nitrogens is 2. The molecular weight excluding hydrogens is 210 g/mol. The third-order valence-corrected chi connectivity index (χ3v) is 3.08. The van der Waals surface area contributed by atoms with Crippen LogP contribution in [0.25, 0.3) is 11.6 Å². The van der Waals surface area contributed by atoms with Crippen molar-refractivity contribution in [3.05, 3.63) is 35.2 Å². The second kappa shape index (κ2) is 3.06. The fraction of sp³-hybridized carbons (Fsp3) is 0. The second-order valence-electron chi connectivity index (χ2n) is 3.18. The molecule has 5 heteroatoms. The fourth-order valence-corrected chi connectivity index (χ4v) is 2.35. The van der Waals surface area contributed by atoms with E-state index < -0.39 is 0 Å². The highest BCUT2D eigenvalue weighted by Gasteiger charge is 2.24. The lowest BCUT2D eigenvalue weighted by Gasteiger charge is -1.92. The summed E-state index contributed by atoms with van der Waals surface area (Å²) in [5, 5.41) is 5.70. The lowest BCUT2D eigenvalue weighted by molar-refractivity contribution is -0.110. The largest absolute Gasteiger partial charge is 0.345 e. The molecule has 3 heterocycles. The fourth-order valence-electron chi connectivity index (χ4n) is 1.56. The van der Waals surface area contributed by atoms with Crippen LogP contribution in [0.4, 0.5) is 5.00 Å². The van der Waals surface area contributed by atoms with Crippen molar-refractivity contribution in [1.82, 2.24) is 9.97 Å². The molecule has 4 nitrogen and oxygen atoms in total. The van der Waals surface area contributed by atoms with E-state index in [1.807, 2.05) is 11.4 Å². The van der Waals surface area contributed by atoms with Crippen molar-refractivity contribution < 1.29 is 4.79 Å². The number of aromatic amines is 1. The molecule has 0 spiro atoms. The summed E-state index contributed by atoms with van der Waals surface area (Å²) < 4.78 is 0. The highest BCUT2D eigenvalue weighted by Crippen LogP contribution is 2.36. The molecule has 1 aliphatic rings. The standard InChI is InChI=1S/C10H7N3OS/c14-9-8(3-6-4-11-5-12-6)7-1-2-15-10(7)13-9/h1-5H,(H,11,12)(H,13,14). The number of hydrogen-bond donors (Lipinski definition) is 2. The lowest BCUT2D eigenvalue weighted by Crippen LogP contribution is -2.03. The van der Waals surface area contributed by atoms with Crippen molar-refractivity contribution in [2.45, 2.75) is 0 Å². The molecule has 0 atom stereocenters. The Bertz CT molecular complexity index is 539. The third kappa shape index (κ3) is 1.28. The summed E-state index contributed by atoms with van der Waals surface area (Å²) in [6, 6.07) is 1.94. The number of rotatable bonds is 1. The van der Waals surface area contributed by atoms with Gasteiger partial charge >= 0.3 is 0 Å². The summed E-state index contributed by atoms with van der Waals surface area (Å²) in [5.74, 6) is -0.0496. The van der Waals surface area contributed by atoms with Crippen LogP contribution < -0.4 is 5.32 Å². The molecular formula is C10H7N3OS. The van der Waals surface area contributed by atoms with Gasteiger partial charge in [0.2, 0.25) is 0 Å². The molecule has 0 fully saturated rings. The monoisotopic (exact) mass is 217 g/mol. The molecule has 74 valence electrons. The summed E-state index contributed by atoms with van der Waals surface area (Å²) >= 11 is 1.53. The summed E-state index contributed by atoms with van der Waals surface area (Å²) in [7, 11) is 0. The van der Waals surface area contributed by atoms with Gasteiger partial charge in [-0.05, 0) is 17.5 Å². The predicted octanol–water partition coefficient (Wildman–Crippen LogP) is 1.96. The minimum atomic E-state index is -0.0496. The number of anilines is 1. The van der Waals surface area contributed by atoms with Gasteiger partial charge in [-0.25, -0.2) is 4.98 Å². The van der Waals surface area contributed by atoms with Gasteiger partial charge in [-0.1, -0.05) is 0 Å². The van der Waals surface area contributed by atoms with Gasteiger partial charge in [0, 0.05) is 5.56 Å². The molecule has 0 radical (unpaired) electrons. The molecule has 3 rings (SSSR count). The topological polar surface area (TPSA) is 57.8 Å². The number of H-pyrrole nitrogens is 1. The molecule has 0 aromatic carbocycles. The maximum absolute atomic E-state index is 11.6. The first-order valence-corrected chi connectivity index (χ1v) is 5.32. The van der Waals surface area contributed by atoms with E-state index in [-0.39, 0.29) is 5.91 Å². The Labute approximate surface area is 89.7 Å². The third-order valence-electron chi connectivity index (χ3n) is 2.25. The Balaban J connectivity index is 2.10. The van der Waals surface area contributed by atoms with Crippen LogP contribution in [0, 0.1) is 0 Å². The van der Waals surface area contributed by atoms with Crippen molar-refractivity contribution in [2.75, 3.05) is 5.32 Å². The van der Waals surface area contributed by atoms with Crippen LogP contribution in [0.15, 0.2) is 24.0 Å². The maximum atomic E-state index is 11.6. The predicted molar refractivity (Wildman–Crippen MR) is 59.4 cm³/mol. The number of carbonyl (C=O) groups is 1. The van der Waals surface area contributed by atoms with Crippen LogP contribution in [0.2, 0.25) is 0 Å². The molecule has 0 saturated carbocycles. The van der Waals surface area contributed by atoms with Crippen LogP contribution in [-0.4, -0.2) is 15.9 Å². The quantitative estimate of drug-likeness (QED) is 0.717. The van der Waals surface area contributed by atoms with E-state index in [9.17, 15) is 4.79 Å². The second-order valence-corrected chi connectivity index (χ2v) is 4.10. The minimum Gasteiger partial charge on any atom is -0.345 e. The van der Waals surface area contributed by atoms with Crippen LogP contribution in [0.1, 0.15) is 11.3 Å². The maximum Gasteiger partial charge on any atom is 0.257 e. The highest BCUT2D eigenvalue weighted by atomic mass is 32.1. The van der Waals surface area contributed by atoms with Gasteiger partial charge < -0.3 is 10.3 Å². The highest BCUT2D eigenvalue weighted by molar-refractivity contribution is 7.15. The van der Waals surface area contributed by atoms with Crippen LogP contribution >= 0.6 is 11.3 Å². The number of fused-ring (bicyclic) bond motifs is 1. The minimum absolute atomic E-state index is 0.0496. The summed E-state index contributed by atoms with van der Waals surface area (Å²) in [5.41, 5.74) is 2.49. The Morgan fingerprint density at radius 1 is 1.47 bits per heavy atom. The lowest BCUT2D eigenvalue weighted by atomic mass is 10.1. The Morgan fingerprint density at radius 3 is 3.20 bits per heavy atom. The summed E-state index contributed by atoms with van der Waals surface area (Å²) in [6.45, 7) is 0. The van der Waals surface area contributed by atoms with Crippen LogP contribution in [0.5, 0.6) is 0 Å². The average molecular weight is 217 g/mol. The summed E-state index contributed by atoms with van der Waals surface area (Å²) in [6.07, 6.45) is 5.08. The average Bonchev–Trinajstić information content (AvgIpc) is 2.86. The number of imidazole rings is 1. The zero-order chi connectivity index (χ0) is 10.3. The van der Waals surface area contributed by atoms with E-state index in [1.54, 1.807) is 18.6 Å². The smallest absolute Gasteiger partial charge is 0.257 e. The van der Waals surface area contributed by atoms with Crippen LogP contribution in [0.3, 0.4) is 0 Å². The number of thiophene rings is 1. The zero-order valence-electron chi connectivity index (χ0n) is 7.65. The van der Waals surface area contributed by atoms with Gasteiger partial charge in [-0.3, -0.25) is 4.79 Å². The van der Waals surface area contributed by atoms with Crippen molar-refractivity contribution in [1.29, 1.82) is 0 Å². The van der Waals surface area contributed by atoms with Gasteiger partial charge in [0.15, 0.2) is 0 Å². The number of nitrogens with zero attached hydrogens (tertiary/aromatic N) is 1. The van der Waals surface area contributed by atoms with Gasteiger partial charge in [0.25, 0.3) is 5.91 Å². The number of hydrogen-bond acceptors (Lipinski definition) is 3. The van der Waals surface area contributed by atoms with Gasteiger partial charge in [0.1, 0.15) is 5.00 Å². The van der Waals surface area contributed by atoms with E-state index >= 15 is 0 Å². The molecule has 0 bridgehead atoms. The molecule has 2 aromatic heterocycles. The number of nitrogens with one attached hydrogen (secondary N) is 2. The Morgan fingerprint density at radius 2 is 2.40 bits per heavy atom.